The standard InChI is InChI=1S/C24H30N8O2S.C19H22N8S/c1-15-9-20(35-29-15)28-21-22-25-11-19(17-10-26-30(5)12-17)32(22)14-18(27-21)16-7-6-8-31(13-16)23(33)34-24(2,3)4;1-12-6-17(28-25-12)24-18-19-21-9-16(14-8-22-26(2)10-14)27(19)11-15(23-18)13-4-3-5-20-7-13/h9-12,14,16H,6-8,13H2,1-5H3,(H,27,28);6,8-11,13,20H,3-5,7H2,1-2H3,(H,23,24). The summed E-state index contributed by atoms with van der Waals surface area (Å²) in [6, 6.07) is 4.02. The fourth-order valence-electron chi connectivity index (χ4n) is 8.00. The summed E-state index contributed by atoms with van der Waals surface area (Å²) in [4.78, 5) is 33.8. The Labute approximate surface area is 373 Å². The number of carbonyl (C=O) groups excluding carboxylic acids is 1. The van der Waals surface area contributed by atoms with Crippen molar-refractivity contribution in [3.05, 3.63) is 84.5 Å². The van der Waals surface area contributed by atoms with Crippen molar-refractivity contribution in [3.8, 4) is 22.5 Å². The number of nitrogens with one attached hydrogen (secondary N) is 3. The fraction of sp³-hybridized carbons (Fsp3) is 0.419. The zero-order valence-electron chi connectivity index (χ0n) is 36.5. The van der Waals surface area contributed by atoms with Gasteiger partial charge in [-0.05, 0) is 102 Å². The number of fused-ring (bicyclic) bond motifs is 2. The number of likely N-dealkylation sites (tertiary alicyclic amines) is 1. The van der Waals surface area contributed by atoms with Gasteiger partial charge in [0.05, 0.1) is 59.0 Å². The maximum absolute atomic E-state index is 12.8. The third kappa shape index (κ3) is 9.42. The number of hydrogen-bond donors (Lipinski definition) is 3. The first kappa shape index (κ1) is 42.1. The molecule has 10 rings (SSSR count). The predicted molar refractivity (Wildman–Crippen MR) is 245 cm³/mol. The summed E-state index contributed by atoms with van der Waals surface area (Å²) < 4.78 is 22.1. The van der Waals surface area contributed by atoms with Crippen LogP contribution in [0.2, 0.25) is 0 Å². The van der Waals surface area contributed by atoms with E-state index in [0.29, 0.717) is 24.8 Å². The molecule has 20 heteroatoms. The summed E-state index contributed by atoms with van der Waals surface area (Å²) in [5.41, 5.74) is 8.86. The molecule has 0 spiro atoms. The van der Waals surface area contributed by atoms with Gasteiger partial charge in [-0.2, -0.15) is 18.9 Å². The molecule has 2 saturated heterocycles. The number of imidazole rings is 2. The summed E-state index contributed by atoms with van der Waals surface area (Å²) in [6.45, 7) is 12.9. The molecular formula is C43H52N16O2S2. The van der Waals surface area contributed by atoms with E-state index in [-0.39, 0.29) is 12.0 Å². The van der Waals surface area contributed by atoms with Crippen molar-refractivity contribution in [1.29, 1.82) is 0 Å². The average Bonchev–Trinajstić information content (AvgIpc) is 4.13. The first-order valence-corrected chi connectivity index (χ1v) is 22.7. The first-order valence-electron chi connectivity index (χ1n) is 21.2. The molecular weight excluding hydrogens is 837 g/mol. The lowest BCUT2D eigenvalue weighted by Crippen LogP contribution is -2.42. The second-order valence-corrected chi connectivity index (χ2v) is 18.8. The van der Waals surface area contributed by atoms with Crippen LogP contribution in [0.4, 0.5) is 26.4 Å². The van der Waals surface area contributed by atoms with Crippen molar-refractivity contribution >= 4 is 62.1 Å². The van der Waals surface area contributed by atoms with Gasteiger partial charge in [-0.25, -0.2) is 24.7 Å². The van der Waals surface area contributed by atoms with Crippen LogP contribution in [0.15, 0.2) is 61.7 Å². The Morgan fingerprint density at radius 2 is 1.30 bits per heavy atom. The van der Waals surface area contributed by atoms with Crippen LogP contribution in [0.1, 0.15) is 81.1 Å². The molecule has 10 heterocycles. The second kappa shape index (κ2) is 17.5. The zero-order chi connectivity index (χ0) is 43.8. The van der Waals surface area contributed by atoms with Gasteiger partial charge < -0.3 is 25.6 Å². The summed E-state index contributed by atoms with van der Waals surface area (Å²) >= 11 is 2.83. The van der Waals surface area contributed by atoms with Crippen LogP contribution in [-0.4, -0.2) is 99.8 Å². The highest BCUT2D eigenvalue weighted by Gasteiger charge is 2.30. The number of ether oxygens (including phenoxy) is 1. The van der Waals surface area contributed by atoms with E-state index in [0.717, 1.165) is 105 Å². The lowest BCUT2D eigenvalue weighted by atomic mass is 9.95. The van der Waals surface area contributed by atoms with Crippen LogP contribution >= 0.6 is 23.1 Å². The van der Waals surface area contributed by atoms with E-state index in [4.69, 9.17) is 14.7 Å². The van der Waals surface area contributed by atoms with E-state index in [9.17, 15) is 4.79 Å². The molecule has 3 N–H and O–H groups in total. The monoisotopic (exact) mass is 888 g/mol. The highest BCUT2D eigenvalue weighted by atomic mass is 32.1. The smallest absolute Gasteiger partial charge is 0.410 e. The molecule has 0 aromatic carbocycles. The van der Waals surface area contributed by atoms with Crippen molar-refractivity contribution in [3.63, 3.8) is 0 Å². The van der Waals surface area contributed by atoms with Gasteiger partial charge in [0.1, 0.15) is 15.6 Å². The minimum absolute atomic E-state index is 0.0774. The molecule has 8 aromatic heterocycles. The second-order valence-electron chi connectivity index (χ2n) is 17.2. The Hall–Kier alpha value is -6.25. The summed E-state index contributed by atoms with van der Waals surface area (Å²) in [6.07, 6.45) is 19.4. The number of anilines is 4. The Balaban J connectivity index is 0.000000164. The fourth-order valence-corrected chi connectivity index (χ4v) is 9.32. The van der Waals surface area contributed by atoms with E-state index >= 15 is 0 Å². The molecule has 8 aromatic rings. The van der Waals surface area contributed by atoms with E-state index in [1.807, 2.05) is 104 Å². The van der Waals surface area contributed by atoms with Crippen LogP contribution < -0.4 is 16.0 Å². The predicted octanol–water partition coefficient (Wildman–Crippen LogP) is 7.86. The number of aromatic nitrogens is 12. The number of carbonyl (C=O) groups is 1. The molecule has 18 nitrogen and oxygen atoms in total. The van der Waals surface area contributed by atoms with Gasteiger partial charge in [0.25, 0.3) is 0 Å². The minimum Gasteiger partial charge on any atom is -0.444 e. The quantitative estimate of drug-likeness (QED) is 0.134. The maximum Gasteiger partial charge on any atom is 0.410 e. The van der Waals surface area contributed by atoms with E-state index in [1.165, 1.54) is 29.5 Å². The highest BCUT2D eigenvalue weighted by Crippen LogP contribution is 2.34. The third-order valence-electron chi connectivity index (χ3n) is 11.0. The lowest BCUT2D eigenvalue weighted by molar-refractivity contribution is 0.0197. The highest BCUT2D eigenvalue weighted by molar-refractivity contribution is 7.10. The van der Waals surface area contributed by atoms with Crippen molar-refractivity contribution in [2.24, 2.45) is 14.1 Å². The summed E-state index contributed by atoms with van der Waals surface area (Å²) in [5.74, 6) is 1.90. The van der Waals surface area contributed by atoms with Crippen LogP contribution in [0.5, 0.6) is 0 Å². The molecule has 0 aliphatic carbocycles. The molecule has 2 atom stereocenters. The number of nitrogens with zero attached hydrogens (tertiary/aromatic N) is 13. The van der Waals surface area contributed by atoms with Gasteiger partial charge in [0.2, 0.25) is 0 Å². The van der Waals surface area contributed by atoms with E-state index < -0.39 is 5.60 Å². The molecule has 2 unspecified atom stereocenters. The molecule has 63 heavy (non-hydrogen) atoms. The van der Waals surface area contributed by atoms with Crippen molar-refractivity contribution in [2.45, 2.75) is 77.7 Å². The Bertz CT molecular complexity index is 2870. The number of aryl methyl sites for hydroxylation is 4. The number of hydrogen-bond acceptors (Lipinski definition) is 15. The van der Waals surface area contributed by atoms with Crippen LogP contribution in [0, 0.1) is 13.8 Å². The maximum atomic E-state index is 12.8. The topological polar surface area (TPSA) is 187 Å². The number of piperidine rings is 2. The molecule has 0 saturated carbocycles. The molecule has 1 amide bonds. The van der Waals surface area contributed by atoms with Crippen LogP contribution in [-0.2, 0) is 18.8 Å². The van der Waals surface area contributed by atoms with Crippen molar-refractivity contribution < 1.29 is 9.53 Å². The largest absolute Gasteiger partial charge is 0.444 e. The van der Waals surface area contributed by atoms with Crippen LogP contribution in [0.3, 0.4) is 0 Å². The van der Waals surface area contributed by atoms with Gasteiger partial charge in [0, 0.05) is 81.5 Å². The van der Waals surface area contributed by atoms with Gasteiger partial charge in [-0.15, -0.1) is 0 Å². The molecule has 328 valence electrons. The Morgan fingerprint density at radius 3 is 1.76 bits per heavy atom. The first-order chi connectivity index (χ1) is 30.3. The normalized spacial score (nSPS) is 16.9. The summed E-state index contributed by atoms with van der Waals surface area (Å²) in [5, 5.41) is 20.9. The zero-order valence-corrected chi connectivity index (χ0v) is 38.2. The van der Waals surface area contributed by atoms with E-state index in [1.54, 1.807) is 14.3 Å². The molecule has 2 fully saturated rings. The van der Waals surface area contributed by atoms with Gasteiger partial charge in [0.15, 0.2) is 22.9 Å². The molecule has 2 aliphatic rings. The number of amides is 1. The van der Waals surface area contributed by atoms with Crippen molar-refractivity contribution in [1.82, 2.24) is 67.3 Å². The van der Waals surface area contributed by atoms with Gasteiger partial charge >= 0.3 is 6.09 Å². The molecule has 0 radical (unpaired) electrons. The van der Waals surface area contributed by atoms with E-state index in [2.05, 4.69) is 59.9 Å². The summed E-state index contributed by atoms with van der Waals surface area (Å²) in [7, 11) is 3.82. The average molecular weight is 889 g/mol. The van der Waals surface area contributed by atoms with Gasteiger partial charge in [-0.3, -0.25) is 18.2 Å². The minimum atomic E-state index is -0.527. The van der Waals surface area contributed by atoms with Crippen LogP contribution in [0.25, 0.3) is 33.8 Å². The number of rotatable bonds is 8. The molecule has 2 aliphatic heterocycles. The van der Waals surface area contributed by atoms with Gasteiger partial charge in [-0.1, -0.05) is 0 Å². The van der Waals surface area contributed by atoms with Crippen molar-refractivity contribution in [2.75, 3.05) is 36.8 Å². The SMILES string of the molecule is Cc1cc(Nc2nc(C3CCCN(C(=O)OC(C)(C)C)C3)cn3c(-c4cnn(C)c4)cnc23)sn1.Cc1cc(Nc2nc(C3CCCNC3)cn3c(-c4cnn(C)c4)cnc23)sn1. The third-order valence-corrected chi connectivity index (χ3v) is 12.6. The Morgan fingerprint density at radius 1 is 0.762 bits per heavy atom. The lowest BCUT2D eigenvalue weighted by Gasteiger charge is -2.34. The Kier molecular flexibility index (Phi) is 11.7. The molecule has 0 bridgehead atoms.